The minimum atomic E-state index is -0.0917. The minimum Gasteiger partial charge on any atom is -0.376 e. The molecule has 6 nitrogen and oxygen atoms in total. The average molecular weight is 346 g/mol. The molecule has 0 aromatic heterocycles. The molecular formula is C19H30N4O2. The number of ether oxygens (including phenoxy) is 1. The molecule has 0 radical (unpaired) electrons. The second-order valence-corrected chi connectivity index (χ2v) is 7.24. The Kier molecular flexibility index (Phi) is 6.42. The van der Waals surface area contributed by atoms with Gasteiger partial charge in [0.15, 0.2) is 0 Å². The fourth-order valence-corrected chi connectivity index (χ4v) is 3.58. The summed E-state index contributed by atoms with van der Waals surface area (Å²) in [6, 6.07) is 10.2. The smallest absolute Gasteiger partial charge is 0.229 e. The molecule has 3 atom stereocenters. The van der Waals surface area contributed by atoms with Crippen molar-refractivity contribution < 1.29 is 9.53 Å². The first-order valence-electron chi connectivity index (χ1n) is 9.23. The van der Waals surface area contributed by atoms with Crippen molar-refractivity contribution in [2.24, 2.45) is 5.92 Å². The maximum Gasteiger partial charge on any atom is 0.229 e. The summed E-state index contributed by atoms with van der Waals surface area (Å²) in [4.78, 5) is 17.4. The lowest BCUT2D eigenvalue weighted by Gasteiger charge is -2.30. The first-order valence-corrected chi connectivity index (χ1v) is 9.23. The van der Waals surface area contributed by atoms with Gasteiger partial charge in [-0.2, -0.15) is 0 Å². The van der Waals surface area contributed by atoms with Crippen LogP contribution in [0.25, 0.3) is 0 Å². The highest BCUT2D eigenvalue weighted by molar-refractivity contribution is 5.80. The third kappa shape index (κ3) is 4.79. The Morgan fingerprint density at radius 2 is 2.04 bits per heavy atom. The Morgan fingerprint density at radius 1 is 1.24 bits per heavy atom. The molecule has 25 heavy (non-hydrogen) atoms. The van der Waals surface area contributed by atoms with Gasteiger partial charge in [0.1, 0.15) is 0 Å². The zero-order chi connectivity index (χ0) is 17.6. The van der Waals surface area contributed by atoms with Gasteiger partial charge in [0.25, 0.3) is 0 Å². The van der Waals surface area contributed by atoms with Gasteiger partial charge >= 0.3 is 0 Å². The molecule has 1 amide bonds. The molecule has 2 aliphatic heterocycles. The number of hydrogen-bond acceptors (Lipinski definition) is 5. The standard InChI is InChI=1S/C19H30N4O2/c1-22(2)10-11-23(14-16-9-6-12-25-16)19(24)17-13-20-21-18(17)15-7-4-3-5-8-15/h3-5,7-8,16-18,20-21H,6,9-14H2,1-2H3. The summed E-state index contributed by atoms with van der Waals surface area (Å²) in [5.74, 6) is 0.120. The largest absolute Gasteiger partial charge is 0.376 e. The number of carbonyl (C=O) groups is 1. The van der Waals surface area contributed by atoms with E-state index >= 15 is 0 Å². The molecule has 2 aliphatic rings. The van der Waals surface area contributed by atoms with Crippen LogP contribution in [0.3, 0.4) is 0 Å². The number of nitrogens with one attached hydrogen (secondary N) is 2. The molecule has 2 saturated heterocycles. The van der Waals surface area contributed by atoms with Crippen LogP contribution in [-0.4, -0.2) is 68.7 Å². The van der Waals surface area contributed by atoms with Crippen LogP contribution in [0, 0.1) is 5.92 Å². The molecule has 0 saturated carbocycles. The highest BCUT2D eigenvalue weighted by atomic mass is 16.5. The van der Waals surface area contributed by atoms with Crippen LogP contribution in [0.4, 0.5) is 0 Å². The van der Waals surface area contributed by atoms with Gasteiger partial charge in [-0.1, -0.05) is 30.3 Å². The Labute approximate surface area is 150 Å². The molecule has 3 rings (SSSR count). The fraction of sp³-hybridized carbons (Fsp3) is 0.632. The van der Waals surface area contributed by atoms with Gasteiger partial charge in [-0.05, 0) is 32.5 Å². The van der Waals surface area contributed by atoms with E-state index in [-0.39, 0.29) is 24.0 Å². The van der Waals surface area contributed by atoms with Gasteiger partial charge < -0.3 is 14.5 Å². The summed E-state index contributed by atoms with van der Waals surface area (Å²) in [5, 5.41) is 0. The summed E-state index contributed by atoms with van der Waals surface area (Å²) in [5.41, 5.74) is 7.60. The molecule has 2 fully saturated rings. The summed E-state index contributed by atoms with van der Waals surface area (Å²) < 4.78 is 5.78. The maximum absolute atomic E-state index is 13.3. The predicted octanol–water partition coefficient (Wildman–Crippen LogP) is 1.02. The highest BCUT2D eigenvalue weighted by Crippen LogP contribution is 2.27. The van der Waals surface area contributed by atoms with Crippen molar-refractivity contribution in [3.8, 4) is 0 Å². The zero-order valence-corrected chi connectivity index (χ0v) is 15.3. The van der Waals surface area contributed by atoms with Crippen LogP contribution in [0.1, 0.15) is 24.4 Å². The van der Waals surface area contributed by atoms with Gasteiger partial charge in [-0.3, -0.25) is 10.2 Å². The normalized spacial score (nSPS) is 26.3. The van der Waals surface area contributed by atoms with E-state index in [0.717, 1.165) is 38.1 Å². The lowest BCUT2D eigenvalue weighted by molar-refractivity contribution is -0.137. The summed E-state index contributed by atoms with van der Waals surface area (Å²) >= 11 is 0. The first kappa shape index (κ1) is 18.3. The monoisotopic (exact) mass is 346 g/mol. The zero-order valence-electron chi connectivity index (χ0n) is 15.3. The van der Waals surface area contributed by atoms with Gasteiger partial charge in [-0.25, -0.2) is 5.43 Å². The van der Waals surface area contributed by atoms with Crippen molar-refractivity contribution >= 4 is 5.91 Å². The fourth-order valence-electron chi connectivity index (χ4n) is 3.58. The number of nitrogens with zero attached hydrogens (tertiary/aromatic N) is 2. The Balaban J connectivity index is 1.70. The molecule has 0 spiro atoms. The van der Waals surface area contributed by atoms with E-state index in [0.29, 0.717) is 13.1 Å². The SMILES string of the molecule is CN(C)CCN(CC1CCCO1)C(=O)C1CNNC1c1ccccc1. The molecule has 1 aromatic rings. The van der Waals surface area contributed by atoms with E-state index in [1.54, 1.807) is 0 Å². The van der Waals surface area contributed by atoms with Crippen molar-refractivity contribution in [1.82, 2.24) is 20.7 Å². The molecule has 0 aliphatic carbocycles. The number of amides is 1. The van der Waals surface area contributed by atoms with Gasteiger partial charge in [0.05, 0.1) is 18.1 Å². The number of hydrazine groups is 1. The van der Waals surface area contributed by atoms with Crippen molar-refractivity contribution in [2.45, 2.75) is 25.0 Å². The Morgan fingerprint density at radius 3 is 2.72 bits per heavy atom. The van der Waals surface area contributed by atoms with Gasteiger partial charge in [0, 0.05) is 32.8 Å². The van der Waals surface area contributed by atoms with E-state index in [2.05, 4.69) is 27.9 Å². The second-order valence-electron chi connectivity index (χ2n) is 7.24. The highest BCUT2D eigenvalue weighted by Gasteiger charge is 2.37. The van der Waals surface area contributed by atoms with Crippen LogP contribution in [-0.2, 0) is 9.53 Å². The molecule has 6 heteroatoms. The summed E-state index contributed by atoms with van der Waals surface area (Å²) in [7, 11) is 4.08. The number of hydrogen-bond donors (Lipinski definition) is 2. The predicted molar refractivity (Wildman–Crippen MR) is 97.9 cm³/mol. The van der Waals surface area contributed by atoms with Crippen molar-refractivity contribution in [2.75, 3.05) is 46.9 Å². The molecule has 3 unspecified atom stereocenters. The number of carbonyl (C=O) groups excluding carboxylic acids is 1. The number of likely N-dealkylation sites (N-methyl/N-ethyl adjacent to an activating group) is 1. The lowest BCUT2D eigenvalue weighted by Crippen LogP contribution is -2.45. The van der Waals surface area contributed by atoms with Crippen molar-refractivity contribution in [3.63, 3.8) is 0 Å². The van der Waals surface area contributed by atoms with E-state index in [9.17, 15) is 4.79 Å². The molecule has 2 heterocycles. The third-order valence-electron chi connectivity index (χ3n) is 5.03. The number of rotatable bonds is 7. The Bertz CT molecular complexity index is 546. The third-order valence-corrected chi connectivity index (χ3v) is 5.03. The van der Waals surface area contributed by atoms with E-state index < -0.39 is 0 Å². The molecule has 138 valence electrons. The molecular weight excluding hydrogens is 316 g/mol. The maximum atomic E-state index is 13.3. The lowest BCUT2D eigenvalue weighted by atomic mass is 9.93. The van der Waals surface area contributed by atoms with E-state index in [1.165, 1.54) is 0 Å². The van der Waals surface area contributed by atoms with E-state index in [1.807, 2.05) is 37.2 Å². The van der Waals surface area contributed by atoms with E-state index in [4.69, 9.17) is 4.74 Å². The summed E-state index contributed by atoms with van der Waals surface area (Å²) in [6.07, 6.45) is 2.33. The van der Waals surface area contributed by atoms with Crippen LogP contribution in [0.5, 0.6) is 0 Å². The van der Waals surface area contributed by atoms with Crippen molar-refractivity contribution in [1.29, 1.82) is 0 Å². The van der Waals surface area contributed by atoms with Crippen LogP contribution in [0.2, 0.25) is 0 Å². The van der Waals surface area contributed by atoms with Crippen LogP contribution in [0.15, 0.2) is 30.3 Å². The molecule has 1 aromatic carbocycles. The summed E-state index contributed by atoms with van der Waals surface area (Å²) in [6.45, 7) is 3.78. The first-order chi connectivity index (χ1) is 12.1. The van der Waals surface area contributed by atoms with Crippen LogP contribution >= 0.6 is 0 Å². The van der Waals surface area contributed by atoms with Gasteiger partial charge in [0.2, 0.25) is 5.91 Å². The average Bonchev–Trinajstić information content (AvgIpc) is 3.30. The number of benzene rings is 1. The molecule has 0 bridgehead atoms. The molecule has 2 N–H and O–H groups in total. The topological polar surface area (TPSA) is 56.8 Å². The van der Waals surface area contributed by atoms with Crippen molar-refractivity contribution in [3.05, 3.63) is 35.9 Å². The minimum absolute atomic E-state index is 0.0139. The van der Waals surface area contributed by atoms with Gasteiger partial charge in [-0.15, -0.1) is 0 Å². The van der Waals surface area contributed by atoms with Crippen LogP contribution < -0.4 is 10.9 Å². The Hall–Kier alpha value is -1.47. The quantitative estimate of drug-likeness (QED) is 0.772. The second kappa shape index (κ2) is 8.76.